The van der Waals surface area contributed by atoms with E-state index in [1.165, 1.54) is 10.5 Å². The summed E-state index contributed by atoms with van der Waals surface area (Å²) in [5.74, 6) is -3.28. The maximum absolute atomic E-state index is 14.4. The number of esters is 1. The molecule has 5 aliphatic rings. The van der Waals surface area contributed by atoms with Crippen LogP contribution in [0.4, 0.5) is 4.79 Å². The first-order chi connectivity index (χ1) is 24.9. The fourth-order valence-corrected chi connectivity index (χ4v) is 9.51. The van der Waals surface area contributed by atoms with Gasteiger partial charge in [-0.15, -0.1) is 0 Å². The average molecular weight is 755 g/mol. The number of alkyl carbamates (subject to hydrolysis) is 1. The molecule has 6 atom stereocenters. The minimum atomic E-state index is -3.90. The molecule has 1 aromatic rings. The lowest BCUT2D eigenvalue weighted by atomic mass is 9.68. The van der Waals surface area contributed by atoms with Crippen molar-refractivity contribution < 1.29 is 41.9 Å². The van der Waals surface area contributed by atoms with E-state index >= 15 is 0 Å². The maximum atomic E-state index is 14.4. The van der Waals surface area contributed by atoms with Gasteiger partial charge in [-0.1, -0.05) is 63.1 Å². The molecule has 3 aliphatic carbocycles. The van der Waals surface area contributed by atoms with Crippen molar-refractivity contribution in [1.82, 2.24) is 20.3 Å². The van der Waals surface area contributed by atoms with Gasteiger partial charge >= 0.3 is 12.1 Å². The SMILES string of the molecule is CC(C)(C)OC(=O)N[C@H]1CCCCC/C=C\[C@@H]2C[C@@]2(C(=O)NS(=O)(=O)C2CC2)NC(=O)[C@@H]2C[C@@H](OC(=O)C3Cc4ccccc4C(C)(C)C3)CN2C1=O. The molecule has 4 amide bonds. The fourth-order valence-electron chi connectivity index (χ4n) is 8.15. The van der Waals surface area contributed by atoms with Gasteiger partial charge in [-0.2, -0.15) is 0 Å². The van der Waals surface area contributed by atoms with Gasteiger partial charge in [0, 0.05) is 12.3 Å². The Morgan fingerprint density at radius 3 is 2.45 bits per heavy atom. The van der Waals surface area contributed by atoms with Crippen LogP contribution in [-0.2, 0) is 50.5 Å². The molecule has 0 bridgehead atoms. The van der Waals surface area contributed by atoms with E-state index in [4.69, 9.17) is 9.47 Å². The standard InChI is InChI=1S/C39H54N4O9S/c1-37(2,3)52-36(48)40-30-16-10-8-6-7-9-14-26-22-39(26,35(47)42-53(49,50)28-17-18-28)41-32(44)31-20-27(23-43(31)33(30)45)51-34(46)25-19-24-13-11-12-15-29(24)38(4,5)21-25/h9,11-15,25-28,30-31H,6-8,10,16-23H2,1-5H3,(H,40,48)(H,41,44)(H,42,47)/b14-9-/t25?,26-,27-,30+,31+,39-/m1/s1. The zero-order valence-electron chi connectivity index (χ0n) is 31.4. The van der Waals surface area contributed by atoms with Crippen molar-refractivity contribution in [2.24, 2.45) is 11.8 Å². The molecule has 2 saturated carbocycles. The average Bonchev–Trinajstić information content (AvgIpc) is 3.99. The second-order valence-electron chi connectivity index (χ2n) is 17.2. The van der Waals surface area contributed by atoms with Crippen LogP contribution in [0.2, 0.25) is 0 Å². The summed E-state index contributed by atoms with van der Waals surface area (Å²) in [6.45, 7) is 9.26. The number of amides is 4. The Morgan fingerprint density at radius 1 is 1.00 bits per heavy atom. The number of ether oxygens (including phenoxy) is 2. The molecule has 290 valence electrons. The summed E-state index contributed by atoms with van der Waals surface area (Å²) >= 11 is 0. The Bertz CT molecular complexity index is 1770. The molecule has 3 N–H and O–H groups in total. The monoisotopic (exact) mass is 754 g/mol. The number of nitrogens with one attached hydrogen (secondary N) is 3. The van der Waals surface area contributed by atoms with E-state index < -0.39 is 86.2 Å². The van der Waals surface area contributed by atoms with Gasteiger partial charge < -0.3 is 25.0 Å². The van der Waals surface area contributed by atoms with E-state index in [0.29, 0.717) is 44.9 Å². The third-order valence-electron chi connectivity index (χ3n) is 11.1. The third kappa shape index (κ3) is 8.90. The summed E-state index contributed by atoms with van der Waals surface area (Å²) in [4.78, 5) is 70.4. The highest BCUT2D eigenvalue weighted by Crippen LogP contribution is 2.46. The van der Waals surface area contributed by atoms with Crippen molar-refractivity contribution in [3.8, 4) is 0 Å². The number of sulfonamides is 1. The first-order valence-corrected chi connectivity index (χ1v) is 20.6. The van der Waals surface area contributed by atoms with Gasteiger partial charge in [0.25, 0.3) is 5.91 Å². The van der Waals surface area contributed by atoms with Crippen LogP contribution < -0.4 is 15.4 Å². The number of rotatable bonds is 6. The zero-order valence-corrected chi connectivity index (χ0v) is 32.3. The summed E-state index contributed by atoms with van der Waals surface area (Å²) in [5.41, 5.74) is -0.327. The van der Waals surface area contributed by atoms with Gasteiger partial charge in [-0.3, -0.25) is 23.9 Å². The third-order valence-corrected chi connectivity index (χ3v) is 12.9. The molecule has 3 fully saturated rings. The summed E-state index contributed by atoms with van der Waals surface area (Å²) in [6.07, 6.45) is 7.48. The molecule has 13 nitrogen and oxygen atoms in total. The van der Waals surface area contributed by atoms with E-state index in [1.54, 1.807) is 20.8 Å². The van der Waals surface area contributed by atoms with Crippen molar-refractivity contribution in [2.45, 2.75) is 145 Å². The van der Waals surface area contributed by atoms with Gasteiger partial charge in [0.1, 0.15) is 29.3 Å². The zero-order chi connectivity index (χ0) is 38.3. The fraction of sp³-hybridized carbons (Fsp3) is 0.667. The first-order valence-electron chi connectivity index (χ1n) is 19.0. The number of carbonyl (C=O) groups is 5. The van der Waals surface area contributed by atoms with E-state index in [1.807, 2.05) is 30.4 Å². The van der Waals surface area contributed by atoms with Gasteiger partial charge in [0.2, 0.25) is 21.8 Å². The molecular formula is C39H54N4O9S. The maximum Gasteiger partial charge on any atom is 0.408 e. The Balaban J connectivity index is 1.26. The number of carbonyl (C=O) groups excluding carboxylic acids is 5. The number of benzene rings is 1. The molecule has 14 heteroatoms. The molecule has 1 unspecified atom stereocenters. The normalized spacial score (nSPS) is 30.9. The summed E-state index contributed by atoms with van der Waals surface area (Å²) in [7, 11) is -3.90. The van der Waals surface area contributed by atoms with Crippen molar-refractivity contribution in [2.75, 3.05) is 6.54 Å². The van der Waals surface area contributed by atoms with Crippen molar-refractivity contribution in [3.63, 3.8) is 0 Å². The highest BCUT2D eigenvalue weighted by Gasteiger charge is 2.62. The van der Waals surface area contributed by atoms with Crippen LogP contribution in [0.25, 0.3) is 0 Å². The predicted octanol–water partition coefficient (Wildman–Crippen LogP) is 3.94. The van der Waals surface area contributed by atoms with Gasteiger partial charge in [0.05, 0.1) is 17.7 Å². The molecule has 53 heavy (non-hydrogen) atoms. The lowest BCUT2D eigenvalue weighted by Gasteiger charge is -2.36. The molecule has 6 rings (SSSR count). The Hall–Kier alpha value is -3.94. The second-order valence-corrected chi connectivity index (χ2v) is 19.1. The van der Waals surface area contributed by atoms with Gasteiger partial charge in [-0.25, -0.2) is 13.2 Å². The largest absolute Gasteiger partial charge is 0.460 e. The lowest BCUT2D eigenvalue weighted by Crippen LogP contribution is -2.58. The van der Waals surface area contributed by atoms with Crippen LogP contribution in [-0.4, -0.2) is 84.2 Å². The lowest BCUT2D eigenvalue weighted by molar-refractivity contribution is -0.155. The van der Waals surface area contributed by atoms with Gasteiger partial charge in [0.15, 0.2) is 0 Å². The van der Waals surface area contributed by atoms with E-state index in [0.717, 1.165) is 18.4 Å². The molecular weight excluding hydrogens is 701 g/mol. The molecule has 2 heterocycles. The van der Waals surface area contributed by atoms with Crippen molar-refractivity contribution >= 4 is 39.8 Å². The molecule has 1 saturated heterocycles. The Labute approximate surface area is 312 Å². The van der Waals surface area contributed by atoms with E-state index in [2.05, 4.69) is 35.3 Å². The number of nitrogens with zero attached hydrogens (tertiary/aromatic N) is 1. The van der Waals surface area contributed by atoms with Crippen LogP contribution >= 0.6 is 0 Å². The van der Waals surface area contributed by atoms with Crippen LogP contribution in [0, 0.1) is 11.8 Å². The topological polar surface area (TPSA) is 177 Å². The highest BCUT2D eigenvalue weighted by molar-refractivity contribution is 7.91. The number of hydrogen-bond acceptors (Lipinski definition) is 9. The Kier molecular flexibility index (Phi) is 10.8. The van der Waals surface area contributed by atoms with Crippen LogP contribution in [0.5, 0.6) is 0 Å². The predicted molar refractivity (Wildman–Crippen MR) is 196 cm³/mol. The van der Waals surface area contributed by atoms with E-state index in [9.17, 15) is 32.4 Å². The summed E-state index contributed by atoms with van der Waals surface area (Å²) in [5, 5.41) is 4.93. The van der Waals surface area contributed by atoms with E-state index in [-0.39, 0.29) is 24.8 Å². The molecule has 2 aliphatic heterocycles. The smallest absolute Gasteiger partial charge is 0.408 e. The van der Waals surface area contributed by atoms with Crippen LogP contribution in [0.3, 0.4) is 0 Å². The second kappa shape index (κ2) is 14.7. The van der Waals surface area contributed by atoms with Crippen molar-refractivity contribution in [3.05, 3.63) is 47.5 Å². The number of fused-ring (bicyclic) bond motifs is 3. The van der Waals surface area contributed by atoms with Crippen LogP contribution in [0.15, 0.2) is 36.4 Å². The molecule has 0 radical (unpaired) electrons. The first kappa shape index (κ1) is 38.8. The molecule has 0 aromatic heterocycles. The number of hydrogen-bond donors (Lipinski definition) is 3. The van der Waals surface area contributed by atoms with Crippen LogP contribution in [0.1, 0.15) is 110 Å². The van der Waals surface area contributed by atoms with Crippen molar-refractivity contribution in [1.29, 1.82) is 0 Å². The molecule has 1 aromatic carbocycles. The van der Waals surface area contributed by atoms with Gasteiger partial charge in [-0.05, 0) is 88.7 Å². The summed E-state index contributed by atoms with van der Waals surface area (Å²) < 4.78 is 39.4. The minimum Gasteiger partial charge on any atom is -0.460 e. The number of allylic oxidation sites excluding steroid dienone is 1. The highest BCUT2D eigenvalue weighted by atomic mass is 32.2. The Morgan fingerprint density at radius 2 is 1.74 bits per heavy atom. The minimum absolute atomic E-state index is 0.0340. The molecule has 0 spiro atoms. The summed E-state index contributed by atoms with van der Waals surface area (Å²) in [6, 6.07) is 5.86. The quantitative estimate of drug-likeness (QED) is 0.287.